The van der Waals surface area contributed by atoms with Crippen molar-refractivity contribution >= 4 is 102 Å². The molecule has 6 heterocycles. The number of amides is 7. The molecule has 3 aliphatic heterocycles. The minimum Gasteiger partial charge on any atom is -0.479 e. The van der Waals surface area contributed by atoms with Crippen molar-refractivity contribution in [1.29, 1.82) is 0 Å². The molecule has 111 heavy (non-hydrogen) atoms. The summed E-state index contributed by atoms with van der Waals surface area (Å²) in [5, 5.41) is 70.4. The molecular formula is C78H93N11O20S2. The normalized spacial score (nSPS) is 26.2. The van der Waals surface area contributed by atoms with Crippen LogP contribution in [0, 0.1) is 29.1 Å². The SMILES string of the molecule is Cc1c(-c2ccc(N3CCc4cccc(C(=O)Nc5nc6ccccc6s5)c4C3)nc2C(=O)O)cnn1CC12CC3(C)CC(C)(C1)CC(OCCN(CCS(=O)(=O)O)C(=O)OCc1ccc(NC(=O)[C@H](C)NC(=O)[C@@H](NC(=O)CCCCCN4C(=O)C=CC4=O)C(C)C)cc1[C@H]1C[C@]14O[C@H](C(=O)O)[C@@H](O)[C@H](O)[C@H]4O)(C3)C2. The van der Waals surface area contributed by atoms with Gasteiger partial charge in [-0.2, -0.15) is 13.5 Å². The van der Waals surface area contributed by atoms with E-state index in [4.69, 9.17) is 24.3 Å². The molecule has 1 spiro atoms. The Morgan fingerprint density at radius 1 is 0.811 bits per heavy atom. The van der Waals surface area contributed by atoms with Crippen LogP contribution in [0.3, 0.4) is 0 Å². The van der Waals surface area contributed by atoms with E-state index in [9.17, 15) is 81.7 Å². The maximum Gasteiger partial charge on any atom is 0.410 e. The van der Waals surface area contributed by atoms with Crippen LogP contribution >= 0.6 is 11.3 Å². The quantitative estimate of drug-likeness (QED) is 0.0124. The van der Waals surface area contributed by atoms with Gasteiger partial charge in [0.15, 0.2) is 16.9 Å². The number of para-hydroxylation sites is 1. The minimum atomic E-state index is -4.65. The number of aromatic nitrogens is 4. The highest BCUT2D eigenvalue weighted by atomic mass is 32.2. The van der Waals surface area contributed by atoms with E-state index in [2.05, 4.69) is 40.1 Å². The van der Waals surface area contributed by atoms with Crippen LogP contribution in [-0.4, -0.2) is 208 Å². The molecule has 6 aromatic rings. The molecule has 0 radical (unpaired) electrons. The Labute approximate surface area is 644 Å². The Bertz CT molecular complexity index is 4780. The van der Waals surface area contributed by atoms with Crippen molar-refractivity contribution in [2.45, 2.75) is 192 Å². The number of thiazole rings is 1. The van der Waals surface area contributed by atoms with Gasteiger partial charge in [0, 0.05) is 91.8 Å². The molecule has 33 heteroatoms. The number of unbranched alkanes of at least 4 members (excludes halogenated alkanes) is 2. The van der Waals surface area contributed by atoms with Crippen LogP contribution < -0.4 is 26.2 Å². The highest BCUT2D eigenvalue weighted by molar-refractivity contribution is 7.85. The Hall–Kier alpha value is -9.61. The highest BCUT2D eigenvalue weighted by Gasteiger charge is 2.69. The molecule has 1 saturated heterocycles. The summed E-state index contributed by atoms with van der Waals surface area (Å²) in [6.45, 7) is 11.4. The summed E-state index contributed by atoms with van der Waals surface area (Å²) in [6, 6.07) is 18.9. The summed E-state index contributed by atoms with van der Waals surface area (Å²) < 4.78 is 56.4. The molecular weight excluding hydrogens is 1480 g/mol. The van der Waals surface area contributed by atoms with Gasteiger partial charge in [0.1, 0.15) is 48.4 Å². The van der Waals surface area contributed by atoms with E-state index in [1.807, 2.05) is 52.9 Å². The van der Waals surface area contributed by atoms with Crippen molar-refractivity contribution in [3.8, 4) is 11.1 Å². The van der Waals surface area contributed by atoms with Crippen LogP contribution in [0.5, 0.6) is 0 Å². The third-order valence-corrected chi connectivity index (χ3v) is 24.6. The number of aliphatic hydroxyl groups is 3. The van der Waals surface area contributed by atoms with Crippen molar-refractivity contribution < 1.29 is 95.9 Å². The van der Waals surface area contributed by atoms with Crippen LogP contribution in [0.4, 0.5) is 21.4 Å². The van der Waals surface area contributed by atoms with Gasteiger partial charge in [-0.3, -0.25) is 48.2 Å². The summed E-state index contributed by atoms with van der Waals surface area (Å²) >= 11 is 1.39. The number of ether oxygens (including phenoxy) is 3. The largest absolute Gasteiger partial charge is 0.479 e. The lowest BCUT2D eigenvalue weighted by molar-refractivity contribution is -0.248. The maximum atomic E-state index is 14.4. The van der Waals surface area contributed by atoms with Crippen LogP contribution in [0.15, 0.2) is 91.1 Å². The van der Waals surface area contributed by atoms with E-state index in [0.29, 0.717) is 92.2 Å². The van der Waals surface area contributed by atoms with Crippen molar-refractivity contribution in [3.05, 3.63) is 130 Å². The number of hydrogen-bond acceptors (Lipinski definition) is 22. The number of benzene rings is 3. The van der Waals surface area contributed by atoms with Crippen LogP contribution in [0.25, 0.3) is 21.3 Å². The van der Waals surface area contributed by atoms with Gasteiger partial charge >= 0.3 is 18.0 Å². The molecule has 8 aliphatic rings. The first kappa shape index (κ1) is 79.5. The lowest BCUT2D eigenvalue weighted by Gasteiger charge is -2.69. The van der Waals surface area contributed by atoms with Crippen molar-refractivity contribution in [2.24, 2.45) is 22.2 Å². The number of anilines is 3. The van der Waals surface area contributed by atoms with Gasteiger partial charge in [0.05, 0.1) is 34.4 Å². The third kappa shape index (κ3) is 17.0. The highest BCUT2D eigenvalue weighted by Crippen LogP contribution is 2.72. The number of carbonyl (C=O) groups excluding carboxylic acids is 7. The van der Waals surface area contributed by atoms with Crippen molar-refractivity contribution in [3.63, 3.8) is 0 Å². The van der Waals surface area contributed by atoms with Gasteiger partial charge in [-0.15, -0.1) is 0 Å². The first-order chi connectivity index (χ1) is 52.6. The maximum absolute atomic E-state index is 14.4. The Morgan fingerprint density at radius 3 is 2.25 bits per heavy atom. The first-order valence-electron chi connectivity index (χ1n) is 37.4. The summed E-state index contributed by atoms with van der Waals surface area (Å²) in [7, 11) is -4.65. The number of nitrogens with zero attached hydrogens (tertiary/aromatic N) is 7. The fourth-order valence-corrected chi connectivity index (χ4v) is 20.1. The predicted molar refractivity (Wildman–Crippen MR) is 404 cm³/mol. The number of fused-ring (bicyclic) bond motifs is 2. The minimum absolute atomic E-state index is 0.0475. The number of pyridine rings is 1. The second-order valence-electron chi connectivity index (χ2n) is 32.2. The Balaban J connectivity index is 0.670. The van der Waals surface area contributed by atoms with E-state index >= 15 is 0 Å². The molecule has 10 atom stereocenters. The number of aliphatic carboxylic acids is 1. The molecule has 2 unspecified atom stereocenters. The lowest BCUT2D eigenvalue weighted by Crippen LogP contribution is -2.64. The Kier molecular flexibility index (Phi) is 22.3. The molecule has 5 aliphatic carbocycles. The van der Waals surface area contributed by atoms with Gasteiger partial charge < -0.3 is 65.5 Å². The molecule has 4 bridgehead atoms. The van der Waals surface area contributed by atoms with Gasteiger partial charge in [0.2, 0.25) is 17.7 Å². The monoisotopic (exact) mass is 1570 g/mol. The van der Waals surface area contributed by atoms with Crippen molar-refractivity contribution in [2.75, 3.05) is 54.1 Å². The number of aromatic carboxylic acids is 1. The van der Waals surface area contributed by atoms with E-state index in [0.717, 1.165) is 56.1 Å². The van der Waals surface area contributed by atoms with Gasteiger partial charge in [0.25, 0.3) is 27.8 Å². The number of imide groups is 1. The van der Waals surface area contributed by atoms with Gasteiger partial charge in [-0.1, -0.05) is 75.8 Å². The van der Waals surface area contributed by atoms with Gasteiger partial charge in [-0.05, 0) is 165 Å². The molecule has 592 valence electrons. The molecule has 31 nitrogen and oxygen atoms in total. The smallest absolute Gasteiger partial charge is 0.410 e. The number of hydrogen-bond donors (Lipinski definition) is 10. The number of nitrogens with one attached hydrogen (secondary N) is 4. The van der Waals surface area contributed by atoms with Crippen LogP contribution in [0.1, 0.15) is 160 Å². The number of carboxylic acids is 2. The number of carbonyl (C=O) groups is 9. The number of aliphatic hydroxyl groups excluding tert-OH is 3. The summed E-state index contributed by atoms with van der Waals surface area (Å²) in [6.07, 6.45) is 1.76. The molecule has 14 rings (SSSR count). The standard InChI is InChI=1S/C78H93N11O20S2/c1-43(2)61(84-58(90)17-8-7-11-25-88-59(91)22-23-60(88)92)69(98)80-44(3)67(96)81-48-19-18-47(51(31-48)54-32-78(54)66(95)64(94)63(93)65(109-78)71(101)102)35-107-73(103)86(28-30-111(104,105)106)27-29-108-77-39-74(5)36-75(6,40-77)38-76(37-74,41-77)42-89-45(4)52(33-79-89)49-20-21-57(83-62(49)70(99)100)87-26-24-46-13-12-14-50(53(46)34-87)68(97)85-72-82-55-15-9-10-16-56(55)110-72/h9-10,12-16,18-23,31,33,43-44,54,61,63-66,93-95H,7-8,11,17,24-30,32,34-42H2,1-6H3,(H,80,98)(H,81,96)(H,84,90)(H,99,100)(H,101,102)(H,82,85,97)(H,104,105,106)/t44-,54+,61-,63-,64-,65-,66+,74?,75?,76?,77?,78-/m0/s1. The summed E-state index contributed by atoms with van der Waals surface area (Å²) in [4.78, 5) is 132. The van der Waals surface area contributed by atoms with Crippen molar-refractivity contribution in [1.82, 2.24) is 40.2 Å². The van der Waals surface area contributed by atoms with E-state index in [-0.39, 0.29) is 77.2 Å². The predicted octanol–water partition coefficient (Wildman–Crippen LogP) is 6.90. The lowest BCUT2D eigenvalue weighted by atomic mass is 9.39. The fourth-order valence-electron chi connectivity index (χ4n) is 18.8. The summed E-state index contributed by atoms with van der Waals surface area (Å²) in [5.74, 6) is -7.55. The fraction of sp³-hybridized carbons (Fsp3) is 0.513. The topological polar surface area (TPSA) is 438 Å². The third-order valence-electron chi connectivity index (χ3n) is 23.0. The molecule has 10 N–H and O–H groups in total. The van der Waals surface area contributed by atoms with E-state index < -0.39 is 136 Å². The van der Waals surface area contributed by atoms with E-state index in [1.54, 1.807) is 38.2 Å². The molecule has 7 amide bonds. The van der Waals surface area contributed by atoms with E-state index in [1.165, 1.54) is 48.6 Å². The Morgan fingerprint density at radius 2 is 1.55 bits per heavy atom. The average Bonchev–Trinajstić information content (AvgIpc) is 1.15. The first-order valence-corrected chi connectivity index (χ1v) is 39.8. The molecule has 3 aromatic carbocycles. The average molecular weight is 1570 g/mol. The van der Waals surface area contributed by atoms with Crippen LogP contribution in [0.2, 0.25) is 0 Å². The molecule has 5 saturated carbocycles. The number of carboxylic acid groups (broad SMARTS) is 2. The second kappa shape index (κ2) is 31.2. The second-order valence-corrected chi connectivity index (χ2v) is 34.8. The molecule has 6 fully saturated rings. The zero-order valence-electron chi connectivity index (χ0n) is 62.5. The zero-order chi connectivity index (χ0) is 79.4. The molecule has 3 aromatic heterocycles. The van der Waals surface area contributed by atoms with Gasteiger partial charge in [-0.25, -0.2) is 24.4 Å². The number of rotatable bonds is 30. The van der Waals surface area contributed by atoms with Crippen LogP contribution in [-0.2, 0) is 79.2 Å². The zero-order valence-corrected chi connectivity index (χ0v) is 64.1. The summed E-state index contributed by atoms with van der Waals surface area (Å²) in [5.41, 5.74) is 1.99.